The van der Waals surface area contributed by atoms with Gasteiger partial charge in [0.25, 0.3) is 0 Å². The number of rotatable bonds is 11. The molecule has 0 unspecified atom stereocenters. The Labute approximate surface area is 176 Å². The molecule has 1 spiro atoms. The molecule has 0 radical (unpaired) electrons. The van der Waals surface area contributed by atoms with Crippen LogP contribution in [0, 0.1) is 22.2 Å². The molecular formula is C25H49N3. The molecule has 2 saturated carbocycles. The van der Waals surface area contributed by atoms with E-state index in [4.69, 9.17) is 0 Å². The van der Waals surface area contributed by atoms with Gasteiger partial charge in [-0.2, -0.15) is 0 Å². The summed E-state index contributed by atoms with van der Waals surface area (Å²) in [6.45, 7) is 22.1. The zero-order valence-electron chi connectivity index (χ0n) is 20.0. The van der Waals surface area contributed by atoms with Crippen molar-refractivity contribution in [3.05, 3.63) is 0 Å². The second kappa shape index (κ2) is 8.94. The van der Waals surface area contributed by atoms with Crippen molar-refractivity contribution < 1.29 is 0 Å². The highest BCUT2D eigenvalue weighted by Gasteiger charge is 2.53. The van der Waals surface area contributed by atoms with Crippen LogP contribution in [0.5, 0.6) is 0 Å². The van der Waals surface area contributed by atoms with E-state index in [0.717, 1.165) is 5.92 Å². The first-order valence-corrected chi connectivity index (χ1v) is 12.3. The van der Waals surface area contributed by atoms with E-state index in [1.165, 1.54) is 97.3 Å². The van der Waals surface area contributed by atoms with Gasteiger partial charge in [-0.15, -0.1) is 0 Å². The van der Waals surface area contributed by atoms with Crippen LogP contribution in [0.2, 0.25) is 0 Å². The summed E-state index contributed by atoms with van der Waals surface area (Å²) in [5.41, 5.74) is 1.97. The number of hydrogen-bond acceptors (Lipinski definition) is 3. The Morgan fingerprint density at radius 1 is 0.929 bits per heavy atom. The van der Waals surface area contributed by atoms with Gasteiger partial charge in [-0.1, -0.05) is 34.6 Å². The van der Waals surface area contributed by atoms with Crippen LogP contribution in [0.1, 0.15) is 79.6 Å². The highest BCUT2D eigenvalue weighted by molar-refractivity contribution is 5.05. The SMILES string of the molecule is CCN(CC)CCN(C)CC1(C)CC2(CCN(CC3(CC(C)C)CC3)CC2)C1. The summed E-state index contributed by atoms with van der Waals surface area (Å²) in [4.78, 5) is 7.97. The maximum absolute atomic E-state index is 2.83. The van der Waals surface area contributed by atoms with Crippen molar-refractivity contribution >= 4 is 0 Å². The molecule has 1 heterocycles. The molecule has 3 nitrogen and oxygen atoms in total. The lowest BCUT2D eigenvalue weighted by Crippen LogP contribution is -2.55. The van der Waals surface area contributed by atoms with E-state index in [1.54, 1.807) is 0 Å². The summed E-state index contributed by atoms with van der Waals surface area (Å²) in [5.74, 6) is 0.865. The number of likely N-dealkylation sites (tertiary alicyclic amines) is 1. The van der Waals surface area contributed by atoms with E-state index in [2.05, 4.69) is 56.4 Å². The van der Waals surface area contributed by atoms with Gasteiger partial charge in [-0.05, 0) is 100 Å². The monoisotopic (exact) mass is 391 g/mol. The van der Waals surface area contributed by atoms with Crippen LogP contribution in [-0.4, -0.2) is 74.1 Å². The Bertz CT molecular complexity index is 476. The van der Waals surface area contributed by atoms with Gasteiger partial charge in [0.15, 0.2) is 0 Å². The highest BCUT2D eigenvalue weighted by atomic mass is 15.2. The standard InChI is InChI=1S/C25H49N3/c1-7-27(8-2)16-15-26(6)20-23(5)18-25(19-23)11-13-28(14-12-25)21-24(9-10-24)17-22(3)4/h22H,7-21H2,1-6H3. The lowest BCUT2D eigenvalue weighted by molar-refractivity contribution is -0.0849. The summed E-state index contributed by atoms with van der Waals surface area (Å²) in [7, 11) is 2.34. The molecule has 28 heavy (non-hydrogen) atoms. The molecule has 0 aromatic heterocycles. The average molecular weight is 392 g/mol. The fourth-order valence-corrected chi connectivity index (χ4v) is 6.94. The summed E-state index contributed by atoms with van der Waals surface area (Å²) < 4.78 is 0. The minimum atomic E-state index is 0.565. The first kappa shape index (κ1) is 22.6. The van der Waals surface area contributed by atoms with Gasteiger partial charge in [-0.25, -0.2) is 0 Å². The quantitative estimate of drug-likeness (QED) is 0.492. The molecule has 3 aliphatic rings. The van der Waals surface area contributed by atoms with Crippen molar-refractivity contribution in [3.8, 4) is 0 Å². The third-order valence-electron chi connectivity index (χ3n) is 8.22. The van der Waals surface area contributed by atoms with Crippen LogP contribution in [0.15, 0.2) is 0 Å². The van der Waals surface area contributed by atoms with E-state index < -0.39 is 0 Å². The van der Waals surface area contributed by atoms with E-state index in [0.29, 0.717) is 16.2 Å². The Morgan fingerprint density at radius 2 is 1.54 bits per heavy atom. The molecule has 0 amide bonds. The van der Waals surface area contributed by atoms with Crippen LogP contribution < -0.4 is 0 Å². The normalized spacial score (nSPS) is 25.6. The van der Waals surface area contributed by atoms with Crippen molar-refractivity contribution in [2.75, 3.05) is 59.4 Å². The van der Waals surface area contributed by atoms with Crippen molar-refractivity contribution in [3.63, 3.8) is 0 Å². The Morgan fingerprint density at radius 3 is 2.04 bits per heavy atom. The summed E-state index contributed by atoms with van der Waals surface area (Å²) >= 11 is 0. The highest BCUT2D eigenvalue weighted by Crippen LogP contribution is 2.60. The molecule has 3 rings (SSSR count). The molecule has 2 aliphatic carbocycles. The van der Waals surface area contributed by atoms with Crippen molar-refractivity contribution in [2.24, 2.45) is 22.2 Å². The van der Waals surface area contributed by atoms with Gasteiger partial charge < -0.3 is 14.7 Å². The van der Waals surface area contributed by atoms with Crippen LogP contribution in [0.4, 0.5) is 0 Å². The fraction of sp³-hybridized carbons (Fsp3) is 1.00. The van der Waals surface area contributed by atoms with Crippen LogP contribution in [0.3, 0.4) is 0 Å². The molecule has 1 saturated heterocycles. The van der Waals surface area contributed by atoms with Gasteiger partial charge in [0.1, 0.15) is 0 Å². The maximum atomic E-state index is 2.83. The predicted molar refractivity (Wildman–Crippen MR) is 122 cm³/mol. The second-order valence-electron chi connectivity index (χ2n) is 11.8. The Kier molecular flexibility index (Phi) is 7.20. The first-order chi connectivity index (χ1) is 13.2. The lowest BCUT2D eigenvalue weighted by atomic mass is 9.50. The van der Waals surface area contributed by atoms with Gasteiger partial charge in [0.2, 0.25) is 0 Å². The summed E-state index contributed by atoms with van der Waals surface area (Å²) in [5, 5.41) is 0. The minimum absolute atomic E-state index is 0.565. The molecule has 0 N–H and O–H groups in total. The number of likely N-dealkylation sites (N-methyl/N-ethyl adjacent to an activating group) is 2. The molecule has 164 valence electrons. The molecule has 0 atom stereocenters. The predicted octanol–water partition coefficient (Wildman–Crippen LogP) is 4.97. The van der Waals surface area contributed by atoms with Crippen molar-refractivity contribution in [2.45, 2.75) is 79.6 Å². The van der Waals surface area contributed by atoms with E-state index >= 15 is 0 Å². The third kappa shape index (κ3) is 5.73. The zero-order chi connectivity index (χ0) is 20.4. The van der Waals surface area contributed by atoms with Gasteiger partial charge in [0, 0.05) is 26.2 Å². The molecule has 0 aromatic rings. The minimum Gasteiger partial charge on any atom is -0.305 e. The molecular weight excluding hydrogens is 342 g/mol. The van der Waals surface area contributed by atoms with E-state index in [-0.39, 0.29) is 0 Å². The van der Waals surface area contributed by atoms with Gasteiger partial charge in [-0.3, -0.25) is 0 Å². The van der Waals surface area contributed by atoms with Crippen LogP contribution in [0.25, 0.3) is 0 Å². The maximum Gasteiger partial charge on any atom is 0.0109 e. The Balaban J connectivity index is 1.37. The molecule has 3 fully saturated rings. The summed E-state index contributed by atoms with van der Waals surface area (Å²) in [6.07, 6.45) is 10.3. The number of nitrogens with zero attached hydrogens (tertiary/aromatic N) is 3. The number of piperidine rings is 1. The smallest absolute Gasteiger partial charge is 0.0109 e. The fourth-order valence-electron chi connectivity index (χ4n) is 6.94. The molecule has 3 heteroatoms. The third-order valence-corrected chi connectivity index (χ3v) is 8.22. The van der Waals surface area contributed by atoms with Gasteiger partial charge in [0.05, 0.1) is 0 Å². The largest absolute Gasteiger partial charge is 0.305 e. The van der Waals surface area contributed by atoms with E-state index in [1.807, 2.05) is 0 Å². The van der Waals surface area contributed by atoms with E-state index in [9.17, 15) is 0 Å². The lowest BCUT2D eigenvalue weighted by Gasteiger charge is -2.59. The van der Waals surface area contributed by atoms with Crippen LogP contribution >= 0.6 is 0 Å². The molecule has 1 aliphatic heterocycles. The van der Waals surface area contributed by atoms with Crippen LogP contribution in [-0.2, 0) is 0 Å². The number of hydrogen-bond donors (Lipinski definition) is 0. The van der Waals surface area contributed by atoms with Crippen molar-refractivity contribution in [1.82, 2.24) is 14.7 Å². The molecule has 0 bridgehead atoms. The topological polar surface area (TPSA) is 9.72 Å². The van der Waals surface area contributed by atoms with Gasteiger partial charge >= 0.3 is 0 Å². The summed E-state index contributed by atoms with van der Waals surface area (Å²) in [6, 6.07) is 0. The van der Waals surface area contributed by atoms with Crippen molar-refractivity contribution in [1.29, 1.82) is 0 Å². The Hall–Kier alpha value is -0.120. The average Bonchev–Trinajstić information content (AvgIpc) is 3.34. The second-order valence-corrected chi connectivity index (χ2v) is 11.8. The zero-order valence-corrected chi connectivity index (χ0v) is 20.0. The first-order valence-electron chi connectivity index (χ1n) is 12.3. The molecule has 0 aromatic carbocycles.